The standard InChI is InChI=1S/C17H24N4/c1-11(2)13-6-5-12(3)15(9-13)21(4)17-14-7-8-18-16(14)19-10-20-17/h7-8,10,12-13,15H,1,5-6,9H2,2-4H3,(H,18,19,20)/t12?,13-,15-/m0/s1. The molecule has 0 radical (unpaired) electrons. The van der Waals surface area contributed by atoms with E-state index in [0.717, 1.165) is 16.9 Å². The largest absolute Gasteiger partial charge is 0.356 e. The van der Waals surface area contributed by atoms with E-state index in [2.05, 4.69) is 53.4 Å². The highest BCUT2D eigenvalue weighted by molar-refractivity contribution is 5.87. The van der Waals surface area contributed by atoms with E-state index in [1.807, 2.05) is 6.20 Å². The van der Waals surface area contributed by atoms with Crippen LogP contribution in [0.5, 0.6) is 0 Å². The number of nitrogens with zero attached hydrogens (tertiary/aromatic N) is 3. The van der Waals surface area contributed by atoms with E-state index < -0.39 is 0 Å². The quantitative estimate of drug-likeness (QED) is 0.872. The Bertz CT molecular complexity index is 645. The van der Waals surface area contributed by atoms with Gasteiger partial charge in [-0.1, -0.05) is 19.1 Å². The lowest BCUT2D eigenvalue weighted by Crippen LogP contribution is -2.42. The van der Waals surface area contributed by atoms with Gasteiger partial charge in [0.2, 0.25) is 0 Å². The summed E-state index contributed by atoms with van der Waals surface area (Å²) in [5.74, 6) is 2.34. The van der Waals surface area contributed by atoms with Crippen LogP contribution >= 0.6 is 0 Å². The summed E-state index contributed by atoms with van der Waals surface area (Å²) in [6.45, 7) is 8.67. The normalized spacial score (nSPS) is 26.0. The van der Waals surface area contributed by atoms with Crippen molar-refractivity contribution >= 4 is 16.9 Å². The van der Waals surface area contributed by atoms with Crippen molar-refractivity contribution in [1.82, 2.24) is 15.0 Å². The fourth-order valence-corrected chi connectivity index (χ4v) is 3.58. The van der Waals surface area contributed by atoms with Crippen molar-refractivity contribution in [3.8, 4) is 0 Å². The van der Waals surface area contributed by atoms with Crippen LogP contribution in [0.4, 0.5) is 5.82 Å². The van der Waals surface area contributed by atoms with E-state index in [0.29, 0.717) is 17.9 Å². The van der Waals surface area contributed by atoms with Gasteiger partial charge in [-0.25, -0.2) is 9.97 Å². The van der Waals surface area contributed by atoms with E-state index in [4.69, 9.17) is 0 Å². The average molecular weight is 284 g/mol. The maximum absolute atomic E-state index is 4.53. The van der Waals surface area contributed by atoms with E-state index >= 15 is 0 Å². The summed E-state index contributed by atoms with van der Waals surface area (Å²) < 4.78 is 0. The first-order valence-corrected chi connectivity index (χ1v) is 7.74. The summed E-state index contributed by atoms with van der Waals surface area (Å²) in [5.41, 5.74) is 2.22. The highest BCUT2D eigenvalue weighted by atomic mass is 15.2. The molecule has 2 aromatic heterocycles. The predicted molar refractivity (Wildman–Crippen MR) is 87.4 cm³/mol. The molecule has 1 aliphatic rings. The third-order valence-corrected chi connectivity index (χ3v) is 5.01. The Labute approximate surface area is 126 Å². The molecule has 1 saturated carbocycles. The van der Waals surface area contributed by atoms with Crippen molar-refractivity contribution in [3.63, 3.8) is 0 Å². The summed E-state index contributed by atoms with van der Waals surface area (Å²) in [5, 5.41) is 1.10. The van der Waals surface area contributed by atoms with Crippen LogP contribution in [-0.2, 0) is 0 Å². The molecule has 0 aromatic carbocycles. The second kappa shape index (κ2) is 5.51. The van der Waals surface area contributed by atoms with Gasteiger partial charge in [-0.05, 0) is 44.1 Å². The number of hydrogen-bond donors (Lipinski definition) is 1. The lowest BCUT2D eigenvalue weighted by molar-refractivity contribution is 0.270. The van der Waals surface area contributed by atoms with Crippen molar-refractivity contribution in [2.45, 2.75) is 39.2 Å². The number of nitrogens with one attached hydrogen (secondary N) is 1. The molecular weight excluding hydrogens is 260 g/mol. The molecule has 0 bridgehead atoms. The van der Waals surface area contributed by atoms with Crippen LogP contribution in [0.2, 0.25) is 0 Å². The Morgan fingerprint density at radius 3 is 2.95 bits per heavy atom. The Balaban J connectivity index is 1.91. The minimum absolute atomic E-state index is 0.508. The highest BCUT2D eigenvalue weighted by Crippen LogP contribution is 2.37. The number of fused-ring (bicyclic) bond motifs is 1. The molecule has 4 nitrogen and oxygen atoms in total. The molecule has 112 valence electrons. The van der Waals surface area contributed by atoms with Gasteiger partial charge in [0.05, 0.1) is 5.39 Å². The van der Waals surface area contributed by atoms with E-state index in [-0.39, 0.29) is 0 Å². The van der Waals surface area contributed by atoms with Crippen LogP contribution in [0.15, 0.2) is 30.7 Å². The van der Waals surface area contributed by atoms with Gasteiger partial charge in [0, 0.05) is 19.3 Å². The van der Waals surface area contributed by atoms with Crippen molar-refractivity contribution in [3.05, 3.63) is 30.7 Å². The van der Waals surface area contributed by atoms with Gasteiger partial charge in [-0.2, -0.15) is 0 Å². The fraction of sp³-hybridized carbons (Fsp3) is 0.529. The molecule has 21 heavy (non-hydrogen) atoms. The highest BCUT2D eigenvalue weighted by Gasteiger charge is 2.31. The molecule has 0 saturated heterocycles. The van der Waals surface area contributed by atoms with Gasteiger partial charge < -0.3 is 9.88 Å². The van der Waals surface area contributed by atoms with Crippen molar-refractivity contribution in [2.24, 2.45) is 11.8 Å². The first-order valence-electron chi connectivity index (χ1n) is 7.74. The average Bonchev–Trinajstić information content (AvgIpc) is 2.95. The first kappa shape index (κ1) is 14.1. The minimum atomic E-state index is 0.508. The number of allylic oxidation sites excluding steroid dienone is 1. The summed E-state index contributed by atoms with van der Waals surface area (Å²) in [7, 11) is 2.16. The molecule has 0 aliphatic heterocycles. The van der Waals surface area contributed by atoms with E-state index in [1.165, 1.54) is 24.8 Å². The molecule has 2 heterocycles. The summed E-state index contributed by atoms with van der Waals surface area (Å²) in [6.07, 6.45) is 7.27. The summed E-state index contributed by atoms with van der Waals surface area (Å²) in [6, 6.07) is 2.57. The lowest BCUT2D eigenvalue weighted by Gasteiger charge is -2.40. The van der Waals surface area contributed by atoms with Gasteiger partial charge >= 0.3 is 0 Å². The SMILES string of the molecule is C=C(C)[C@H]1CCC(C)[C@@H](N(C)c2ncnc3[nH]ccc23)C1. The molecule has 2 aromatic rings. The van der Waals surface area contributed by atoms with Gasteiger partial charge in [0.15, 0.2) is 0 Å². The number of anilines is 1. The van der Waals surface area contributed by atoms with Gasteiger partial charge in [-0.15, -0.1) is 0 Å². The fourth-order valence-electron chi connectivity index (χ4n) is 3.58. The smallest absolute Gasteiger partial charge is 0.142 e. The number of hydrogen-bond acceptors (Lipinski definition) is 3. The monoisotopic (exact) mass is 284 g/mol. The Morgan fingerprint density at radius 1 is 1.38 bits per heavy atom. The minimum Gasteiger partial charge on any atom is -0.356 e. The third kappa shape index (κ3) is 2.55. The topological polar surface area (TPSA) is 44.8 Å². The van der Waals surface area contributed by atoms with Crippen molar-refractivity contribution in [1.29, 1.82) is 0 Å². The molecule has 1 fully saturated rings. The van der Waals surface area contributed by atoms with Crippen LogP contribution < -0.4 is 4.90 Å². The Morgan fingerprint density at radius 2 is 2.19 bits per heavy atom. The molecular formula is C17H24N4. The molecule has 1 aliphatic carbocycles. The number of aromatic nitrogens is 3. The van der Waals surface area contributed by atoms with Crippen LogP contribution in [0.1, 0.15) is 33.1 Å². The van der Waals surface area contributed by atoms with Crippen LogP contribution in [0.25, 0.3) is 11.0 Å². The number of H-pyrrole nitrogens is 1. The van der Waals surface area contributed by atoms with Crippen LogP contribution in [-0.4, -0.2) is 28.0 Å². The maximum Gasteiger partial charge on any atom is 0.142 e. The molecule has 0 spiro atoms. The zero-order chi connectivity index (χ0) is 15.0. The molecule has 1 N–H and O–H groups in total. The van der Waals surface area contributed by atoms with Gasteiger partial charge in [-0.3, -0.25) is 0 Å². The third-order valence-electron chi connectivity index (χ3n) is 5.01. The zero-order valence-corrected chi connectivity index (χ0v) is 13.1. The van der Waals surface area contributed by atoms with Crippen molar-refractivity contribution in [2.75, 3.05) is 11.9 Å². The first-order chi connectivity index (χ1) is 10.1. The van der Waals surface area contributed by atoms with Crippen LogP contribution in [0, 0.1) is 11.8 Å². The molecule has 3 atom stereocenters. The Hall–Kier alpha value is -1.84. The molecule has 0 amide bonds. The van der Waals surface area contributed by atoms with Crippen LogP contribution in [0.3, 0.4) is 0 Å². The van der Waals surface area contributed by atoms with E-state index in [9.17, 15) is 0 Å². The zero-order valence-electron chi connectivity index (χ0n) is 13.1. The van der Waals surface area contributed by atoms with Gasteiger partial charge in [0.25, 0.3) is 0 Å². The molecule has 3 rings (SSSR count). The Kier molecular flexibility index (Phi) is 3.70. The van der Waals surface area contributed by atoms with E-state index in [1.54, 1.807) is 6.33 Å². The second-order valence-electron chi connectivity index (χ2n) is 6.45. The summed E-state index contributed by atoms with van der Waals surface area (Å²) in [4.78, 5) is 14.3. The lowest BCUT2D eigenvalue weighted by atomic mass is 9.76. The summed E-state index contributed by atoms with van der Waals surface area (Å²) >= 11 is 0. The van der Waals surface area contributed by atoms with Gasteiger partial charge in [0.1, 0.15) is 17.8 Å². The molecule has 4 heteroatoms. The number of aromatic amines is 1. The second-order valence-corrected chi connectivity index (χ2v) is 6.45. The van der Waals surface area contributed by atoms with Crippen molar-refractivity contribution < 1.29 is 0 Å². The molecule has 1 unspecified atom stereocenters. The predicted octanol–water partition coefficient (Wildman–Crippen LogP) is 3.78. The maximum atomic E-state index is 4.53. The number of rotatable bonds is 3.